The second-order valence-electron chi connectivity index (χ2n) is 8.16. The molecule has 31 heavy (non-hydrogen) atoms. The zero-order chi connectivity index (χ0) is 21.8. The van der Waals surface area contributed by atoms with Crippen LogP contribution in [0.15, 0.2) is 57.5 Å². The van der Waals surface area contributed by atoms with Crippen molar-refractivity contribution in [1.82, 2.24) is 20.4 Å². The van der Waals surface area contributed by atoms with Crippen molar-refractivity contribution in [2.75, 3.05) is 13.1 Å². The molecule has 0 saturated carbocycles. The summed E-state index contributed by atoms with van der Waals surface area (Å²) in [6.45, 7) is 6.41. The van der Waals surface area contributed by atoms with E-state index in [0.29, 0.717) is 18.3 Å². The number of carbonyl (C=O) groups excluding carboxylic acids is 1. The first-order valence-electron chi connectivity index (χ1n) is 10.7. The van der Waals surface area contributed by atoms with Crippen LogP contribution in [0.2, 0.25) is 0 Å². The van der Waals surface area contributed by atoms with Gasteiger partial charge in [0.15, 0.2) is 0 Å². The van der Waals surface area contributed by atoms with E-state index < -0.39 is 0 Å². The zero-order valence-electron chi connectivity index (χ0n) is 17.8. The number of aryl methyl sites for hydroxylation is 1. The van der Waals surface area contributed by atoms with Crippen LogP contribution in [0.5, 0.6) is 0 Å². The van der Waals surface area contributed by atoms with Gasteiger partial charge in [0.2, 0.25) is 17.6 Å². The molecule has 162 valence electrons. The molecular formula is C24H27BrN4O2. The summed E-state index contributed by atoms with van der Waals surface area (Å²) in [4.78, 5) is 19.6. The molecule has 0 bridgehead atoms. The van der Waals surface area contributed by atoms with Gasteiger partial charge in [0.25, 0.3) is 0 Å². The lowest BCUT2D eigenvalue weighted by molar-refractivity contribution is -0.127. The van der Waals surface area contributed by atoms with E-state index in [1.807, 2.05) is 43.3 Å². The molecule has 3 aromatic rings. The Hall–Kier alpha value is -2.51. The van der Waals surface area contributed by atoms with Gasteiger partial charge in [0.05, 0.1) is 12.6 Å². The van der Waals surface area contributed by atoms with Crippen molar-refractivity contribution >= 4 is 21.8 Å². The van der Waals surface area contributed by atoms with Crippen LogP contribution in [0.1, 0.15) is 42.8 Å². The van der Waals surface area contributed by atoms with E-state index in [1.54, 1.807) is 0 Å². The summed E-state index contributed by atoms with van der Waals surface area (Å²) in [5, 5.41) is 7.30. The number of carbonyl (C=O) groups is 1. The summed E-state index contributed by atoms with van der Waals surface area (Å²) in [5.41, 5.74) is 3.29. The highest BCUT2D eigenvalue weighted by Gasteiger charge is 2.27. The number of benzene rings is 2. The standard InChI is InChI=1S/C24H27BrN4O2/c1-16-6-3-4-9-21(16)17(2)26-24(30)18-10-12-29(13-11-18)15-22-27-23(28-31-22)19-7-5-8-20(25)14-19/h3-9,14,17-18H,10-13,15H2,1-2H3,(H,26,30). The summed E-state index contributed by atoms with van der Waals surface area (Å²) in [7, 11) is 0. The largest absolute Gasteiger partial charge is 0.349 e. The van der Waals surface area contributed by atoms with Crippen LogP contribution < -0.4 is 5.32 Å². The molecule has 7 heteroatoms. The van der Waals surface area contributed by atoms with Crippen molar-refractivity contribution in [2.45, 2.75) is 39.3 Å². The molecule has 0 radical (unpaired) electrons. The van der Waals surface area contributed by atoms with Crippen LogP contribution in [0.4, 0.5) is 0 Å². The van der Waals surface area contributed by atoms with E-state index in [2.05, 4.69) is 55.3 Å². The molecule has 6 nitrogen and oxygen atoms in total. The molecule has 1 amide bonds. The molecule has 1 atom stereocenters. The Morgan fingerprint density at radius 1 is 1.23 bits per heavy atom. The van der Waals surface area contributed by atoms with E-state index in [4.69, 9.17) is 4.52 Å². The minimum absolute atomic E-state index is 0.0153. The van der Waals surface area contributed by atoms with Gasteiger partial charge in [-0.3, -0.25) is 9.69 Å². The normalized spacial score (nSPS) is 16.2. The second-order valence-corrected chi connectivity index (χ2v) is 9.08. The molecule has 1 aliphatic heterocycles. The van der Waals surface area contributed by atoms with Crippen LogP contribution >= 0.6 is 15.9 Å². The lowest BCUT2D eigenvalue weighted by atomic mass is 9.94. The second kappa shape index (κ2) is 9.75. The third-order valence-corrected chi connectivity index (χ3v) is 6.38. The van der Waals surface area contributed by atoms with Gasteiger partial charge in [0, 0.05) is 16.0 Å². The molecular weight excluding hydrogens is 456 g/mol. The average molecular weight is 483 g/mol. The van der Waals surface area contributed by atoms with Gasteiger partial charge in [-0.05, 0) is 63.0 Å². The van der Waals surface area contributed by atoms with Crippen LogP contribution in [0.25, 0.3) is 11.4 Å². The smallest absolute Gasteiger partial charge is 0.241 e. The molecule has 0 spiro atoms. The number of nitrogens with one attached hydrogen (secondary N) is 1. The number of piperidine rings is 1. The fourth-order valence-corrected chi connectivity index (χ4v) is 4.49. The summed E-state index contributed by atoms with van der Waals surface area (Å²) >= 11 is 3.47. The van der Waals surface area contributed by atoms with Gasteiger partial charge in [0.1, 0.15) is 0 Å². The molecule has 1 fully saturated rings. The van der Waals surface area contributed by atoms with Crippen molar-refractivity contribution < 1.29 is 9.32 Å². The van der Waals surface area contributed by atoms with Crippen molar-refractivity contribution in [3.05, 3.63) is 70.0 Å². The van der Waals surface area contributed by atoms with Crippen LogP contribution in [0, 0.1) is 12.8 Å². The Balaban J connectivity index is 1.28. The Bertz CT molecular complexity index is 1040. The monoisotopic (exact) mass is 482 g/mol. The van der Waals surface area contributed by atoms with Crippen molar-refractivity contribution in [3.8, 4) is 11.4 Å². The number of likely N-dealkylation sites (tertiary alicyclic amines) is 1. The van der Waals surface area contributed by atoms with E-state index in [9.17, 15) is 4.79 Å². The maximum Gasteiger partial charge on any atom is 0.241 e. The third kappa shape index (κ3) is 5.40. The zero-order valence-corrected chi connectivity index (χ0v) is 19.4. The first kappa shape index (κ1) is 21.7. The highest BCUT2D eigenvalue weighted by Crippen LogP contribution is 2.24. The highest BCUT2D eigenvalue weighted by molar-refractivity contribution is 9.10. The number of nitrogens with zero attached hydrogens (tertiary/aromatic N) is 3. The Labute approximate surface area is 191 Å². The topological polar surface area (TPSA) is 71.3 Å². The van der Waals surface area contributed by atoms with Crippen LogP contribution in [0.3, 0.4) is 0 Å². The summed E-state index contributed by atoms with van der Waals surface area (Å²) in [5.74, 6) is 1.38. The lowest BCUT2D eigenvalue weighted by Gasteiger charge is -2.31. The lowest BCUT2D eigenvalue weighted by Crippen LogP contribution is -2.41. The molecule has 1 unspecified atom stereocenters. The number of hydrogen-bond acceptors (Lipinski definition) is 5. The maximum atomic E-state index is 12.8. The minimum atomic E-state index is 0.0153. The summed E-state index contributed by atoms with van der Waals surface area (Å²) < 4.78 is 6.43. The predicted octanol–water partition coefficient (Wildman–Crippen LogP) is 4.90. The van der Waals surface area contributed by atoms with Crippen LogP contribution in [-0.2, 0) is 11.3 Å². The number of aromatic nitrogens is 2. The quantitative estimate of drug-likeness (QED) is 0.540. The summed E-state index contributed by atoms with van der Waals surface area (Å²) in [6, 6.07) is 16.1. The first-order chi connectivity index (χ1) is 15.0. The van der Waals surface area contributed by atoms with Crippen molar-refractivity contribution in [2.24, 2.45) is 5.92 Å². The fourth-order valence-electron chi connectivity index (χ4n) is 4.09. The number of hydrogen-bond donors (Lipinski definition) is 1. The van der Waals surface area contributed by atoms with Gasteiger partial charge in [-0.15, -0.1) is 0 Å². The highest BCUT2D eigenvalue weighted by atomic mass is 79.9. The SMILES string of the molecule is Cc1ccccc1C(C)NC(=O)C1CCN(Cc2nc(-c3cccc(Br)c3)no2)CC1. The minimum Gasteiger partial charge on any atom is -0.349 e. The number of amides is 1. The van der Waals surface area contributed by atoms with Gasteiger partial charge in [-0.25, -0.2) is 0 Å². The number of halogens is 1. The maximum absolute atomic E-state index is 12.8. The van der Waals surface area contributed by atoms with E-state index >= 15 is 0 Å². The molecule has 1 N–H and O–H groups in total. The van der Waals surface area contributed by atoms with E-state index in [0.717, 1.165) is 36.0 Å². The van der Waals surface area contributed by atoms with Gasteiger partial charge >= 0.3 is 0 Å². The predicted molar refractivity (Wildman–Crippen MR) is 123 cm³/mol. The Kier molecular flexibility index (Phi) is 6.83. The molecule has 0 aliphatic carbocycles. The van der Waals surface area contributed by atoms with Gasteiger partial charge in [-0.1, -0.05) is 57.5 Å². The van der Waals surface area contributed by atoms with Gasteiger partial charge < -0.3 is 9.84 Å². The molecule has 1 aliphatic rings. The average Bonchev–Trinajstić information content (AvgIpc) is 3.23. The molecule has 2 aromatic carbocycles. The van der Waals surface area contributed by atoms with Crippen molar-refractivity contribution in [3.63, 3.8) is 0 Å². The molecule has 1 saturated heterocycles. The first-order valence-corrected chi connectivity index (χ1v) is 11.5. The fraction of sp³-hybridized carbons (Fsp3) is 0.375. The Morgan fingerprint density at radius 3 is 2.74 bits per heavy atom. The summed E-state index contributed by atoms with van der Waals surface area (Å²) in [6.07, 6.45) is 1.66. The van der Waals surface area contributed by atoms with E-state index in [-0.39, 0.29) is 17.9 Å². The third-order valence-electron chi connectivity index (χ3n) is 5.88. The van der Waals surface area contributed by atoms with Crippen LogP contribution in [-0.4, -0.2) is 34.0 Å². The van der Waals surface area contributed by atoms with Gasteiger partial charge in [-0.2, -0.15) is 4.98 Å². The molecule has 2 heterocycles. The Morgan fingerprint density at radius 2 is 2.00 bits per heavy atom. The number of rotatable bonds is 6. The van der Waals surface area contributed by atoms with Crippen molar-refractivity contribution in [1.29, 1.82) is 0 Å². The molecule has 1 aromatic heterocycles. The molecule has 4 rings (SSSR count). The van der Waals surface area contributed by atoms with E-state index in [1.165, 1.54) is 11.1 Å².